The summed E-state index contributed by atoms with van der Waals surface area (Å²) in [5.74, 6) is 2.30. The van der Waals surface area contributed by atoms with E-state index in [-0.39, 0.29) is 23.8 Å². The lowest BCUT2D eigenvalue weighted by Gasteiger charge is -2.28. The lowest BCUT2D eigenvalue weighted by Crippen LogP contribution is -2.36. The smallest absolute Gasteiger partial charge is 0.410 e. The number of non-ortho nitro benzene ring substituents is 1. The number of nitrogens with zero attached hydrogens (tertiary/aromatic N) is 4. The maximum Gasteiger partial charge on any atom is 0.417 e. The van der Waals surface area contributed by atoms with Gasteiger partial charge in [-0.1, -0.05) is 6.07 Å². The molecule has 0 radical (unpaired) electrons. The second-order valence-corrected chi connectivity index (χ2v) is 7.23. The van der Waals surface area contributed by atoms with Gasteiger partial charge in [0, 0.05) is 42.7 Å². The molecule has 1 saturated heterocycles. The van der Waals surface area contributed by atoms with Crippen LogP contribution in [-0.4, -0.2) is 47.3 Å². The van der Waals surface area contributed by atoms with Crippen LogP contribution in [-0.2, 0) is 4.74 Å². The first-order valence-corrected chi connectivity index (χ1v) is 10.2. The molecule has 2 heterocycles. The molecule has 0 atom stereocenters. The molecule has 1 amide bonds. The van der Waals surface area contributed by atoms with Gasteiger partial charge in [0.05, 0.1) is 18.1 Å². The molecule has 178 valence electrons. The molecule has 2 N–H and O–H groups in total. The third-order valence-electron chi connectivity index (χ3n) is 4.80. The number of nitrogens with one attached hydrogen (secondary N) is 2. The van der Waals surface area contributed by atoms with Gasteiger partial charge in [-0.2, -0.15) is 0 Å². The summed E-state index contributed by atoms with van der Waals surface area (Å²) in [4.78, 5) is 33.5. The van der Waals surface area contributed by atoms with E-state index in [4.69, 9.17) is 9.47 Å². The second kappa shape index (κ2) is 11.3. The van der Waals surface area contributed by atoms with Gasteiger partial charge in [-0.05, 0) is 37.3 Å². The normalized spacial score (nSPS) is 12.9. The Labute approximate surface area is 201 Å². The largest absolute Gasteiger partial charge is 0.417 e. The van der Waals surface area contributed by atoms with E-state index in [2.05, 4.69) is 25.5 Å². The molecule has 11 nitrogen and oxygen atoms in total. The minimum atomic E-state index is -0.714. The predicted octanol–water partition coefficient (Wildman–Crippen LogP) is 4.31. The zero-order chi connectivity index (χ0) is 23.2. The molecule has 0 aliphatic carbocycles. The van der Waals surface area contributed by atoms with E-state index in [1.54, 1.807) is 18.2 Å². The standard InChI is InChI=1S/C22H22N6O5.ClH/c1-15-23-20(14-21(24-15)27-9-11-32-12-10-27)25-16-3-2-4-17(13-16)26-22(29)33-19-7-5-18(6-8-19)28(30)31;/h2-8,13-14H,9-12H2,1H3,(H,26,29)(H,23,24,25);1H. The van der Waals surface area contributed by atoms with E-state index >= 15 is 0 Å². The summed E-state index contributed by atoms with van der Waals surface area (Å²) >= 11 is 0. The van der Waals surface area contributed by atoms with Crippen molar-refractivity contribution in [3.05, 3.63) is 70.5 Å². The van der Waals surface area contributed by atoms with Crippen LogP contribution in [0.15, 0.2) is 54.6 Å². The van der Waals surface area contributed by atoms with Crippen molar-refractivity contribution < 1.29 is 19.2 Å². The van der Waals surface area contributed by atoms with Gasteiger partial charge in [-0.3, -0.25) is 15.4 Å². The highest BCUT2D eigenvalue weighted by atomic mass is 35.5. The summed E-state index contributed by atoms with van der Waals surface area (Å²) in [5, 5.41) is 16.6. The molecule has 1 fully saturated rings. The number of aromatic nitrogens is 2. The molecule has 0 unspecified atom stereocenters. The van der Waals surface area contributed by atoms with E-state index in [0.29, 0.717) is 36.2 Å². The number of ether oxygens (including phenoxy) is 2. The molecule has 4 rings (SSSR count). The average Bonchev–Trinajstić information content (AvgIpc) is 2.80. The highest BCUT2D eigenvalue weighted by Crippen LogP contribution is 2.23. The number of carbonyl (C=O) groups is 1. The topological polar surface area (TPSA) is 132 Å². The van der Waals surface area contributed by atoms with Crippen LogP contribution < -0.4 is 20.3 Å². The minimum absolute atomic E-state index is 0. The van der Waals surface area contributed by atoms with Crippen LogP contribution in [0.1, 0.15) is 5.82 Å². The van der Waals surface area contributed by atoms with Crippen LogP contribution in [0, 0.1) is 17.0 Å². The van der Waals surface area contributed by atoms with Crippen LogP contribution in [0.5, 0.6) is 5.75 Å². The third-order valence-corrected chi connectivity index (χ3v) is 4.80. The maximum atomic E-state index is 12.2. The molecule has 1 aromatic heterocycles. The molecule has 2 aromatic carbocycles. The van der Waals surface area contributed by atoms with E-state index < -0.39 is 11.0 Å². The Bertz CT molecular complexity index is 1150. The highest BCUT2D eigenvalue weighted by molar-refractivity contribution is 5.87. The summed E-state index contributed by atoms with van der Waals surface area (Å²) in [7, 11) is 0. The van der Waals surface area contributed by atoms with Gasteiger partial charge >= 0.3 is 6.09 Å². The van der Waals surface area contributed by atoms with Crippen molar-refractivity contribution in [1.82, 2.24) is 9.97 Å². The fraction of sp³-hybridized carbons (Fsp3) is 0.227. The number of aryl methyl sites for hydroxylation is 1. The molecule has 12 heteroatoms. The van der Waals surface area contributed by atoms with Crippen LogP contribution in [0.25, 0.3) is 0 Å². The number of halogens is 1. The second-order valence-electron chi connectivity index (χ2n) is 7.23. The van der Waals surface area contributed by atoms with Gasteiger partial charge in [0.25, 0.3) is 5.69 Å². The van der Waals surface area contributed by atoms with Gasteiger partial charge in [-0.25, -0.2) is 14.8 Å². The van der Waals surface area contributed by atoms with Gasteiger partial charge in [0.2, 0.25) is 0 Å². The zero-order valence-electron chi connectivity index (χ0n) is 18.3. The monoisotopic (exact) mass is 486 g/mol. The molecule has 1 aliphatic rings. The van der Waals surface area contributed by atoms with E-state index in [1.165, 1.54) is 24.3 Å². The fourth-order valence-electron chi connectivity index (χ4n) is 3.28. The molecule has 0 saturated carbocycles. The van der Waals surface area contributed by atoms with Crippen molar-refractivity contribution in [1.29, 1.82) is 0 Å². The molecule has 0 bridgehead atoms. The van der Waals surface area contributed by atoms with Gasteiger partial charge < -0.3 is 19.7 Å². The first kappa shape index (κ1) is 24.7. The Hall–Kier alpha value is -3.96. The number of anilines is 4. The number of morpholine rings is 1. The van der Waals surface area contributed by atoms with Crippen molar-refractivity contribution in [2.75, 3.05) is 41.8 Å². The SMILES string of the molecule is Cc1nc(Nc2cccc(NC(=O)Oc3ccc([N+](=O)[O-])cc3)c2)cc(N2CCOCC2)n1.Cl. The first-order valence-electron chi connectivity index (χ1n) is 10.2. The summed E-state index contributed by atoms with van der Waals surface area (Å²) < 4.78 is 10.6. The van der Waals surface area contributed by atoms with Crippen molar-refractivity contribution in [3.8, 4) is 5.75 Å². The molecule has 1 aliphatic heterocycles. The fourth-order valence-corrected chi connectivity index (χ4v) is 3.28. The lowest BCUT2D eigenvalue weighted by atomic mass is 10.2. The summed E-state index contributed by atoms with van der Waals surface area (Å²) in [6.07, 6.45) is -0.714. The van der Waals surface area contributed by atoms with E-state index in [1.807, 2.05) is 19.1 Å². The highest BCUT2D eigenvalue weighted by Gasteiger charge is 2.14. The number of nitro benzene ring substituents is 1. The summed E-state index contributed by atoms with van der Waals surface area (Å²) in [5.41, 5.74) is 1.14. The van der Waals surface area contributed by atoms with Gasteiger partial charge in [0.1, 0.15) is 23.2 Å². The average molecular weight is 487 g/mol. The molecule has 0 spiro atoms. The van der Waals surface area contributed by atoms with Gasteiger partial charge in [-0.15, -0.1) is 12.4 Å². The third kappa shape index (κ3) is 6.53. The Morgan fingerprint density at radius 3 is 2.50 bits per heavy atom. The number of amides is 1. The van der Waals surface area contributed by atoms with Crippen molar-refractivity contribution >= 4 is 47.2 Å². The Kier molecular flexibility index (Phi) is 8.17. The number of hydrogen-bond acceptors (Lipinski definition) is 9. The van der Waals surface area contributed by atoms with Crippen molar-refractivity contribution in [3.63, 3.8) is 0 Å². The number of benzene rings is 2. The number of carbonyl (C=O) groups excluding carboxylic acids is 1. The number of hydrogen-bond donors (Lipinski definition) is 2. The van der Waals surface area contributed by atoms with Crippen molar-refractivity contribution in [2.24, 2.45) is 0 Å². The summed E-state index contributed by atoms with van der Waals surface area (Å²) in [6, 6.07) is 14.2. The Morgan fingerprint density at radius 2 is 1.79 bits per heavy atom. The van der Waals surface area contributed by atoms with Crippen LogP contribution >= 0.6 is 12.4 Å². The van der Waals surface area contributed by atoms with Crippen LogP contribution in [0.3, 0.4) is 0 Å². The Morgan fingerprint density at radius 1 is 1.09 bits per heavy atom. The molecular formula is C22H23ClN6O5. The maximum absolute atomic E-state index is 12.2. The number of rotatable bonds is 6. The molecule has 34 heavy (non-hydrogen) atoms. The van der Waals surface area contributed by atoms with Crippen LogP contribution in [0.4, 0.5) is 33.5 Å². The lowest BCUT2D eigenvalue weighted by molar-refractivity contribution is -0.384. The number of nitro groups is 1. The van der Waals surface area contributed by atoms with E-state index in [0.717, 1.165) is 18.9 Å². The van der Waals surface area contributed by atoms with Gasteiger partial charge in [0.15, 0.2) is 0 Å². The van der Waals surface area contributed by atoms with Crippen molar-refractivity contribution in [2.45, 2.75) is 6.92 Å². The molecule has 3 aromatic rings. The first-order chi connectivity index (χ1) is 16.0. The van der Waals surface area contributed by atoms with E-state index in [9.17, 15) is 14.9 Å². The quantitative estimate of drug-likeness (QED) is 0.386. The Balaban J connectivity index is 0.00000324. The molecular weight excluding hydrogens is 464 g/mol. The minimum Gasteiger partial charge on any atom is -0.410 e. The van der Waals surface area contributed by atoms with Crippen LogP contribution in [0.2, 0.25) is 0 Å². The predicted molar refractivity (Wildman–Crippen MR) is 130 cm³/mol. The zero-order valence-corrected chi connectivity index (χ0v) is 19.1. The summed E-state index contributed by atoms with van der Waals surface area (Å²) in [6.45, 7) is 4.70.